The Bertz CT molecular complexity index is 331. The predicted octanol–water partition coefficient (Wildman–Crippen LogP) is 1.02. The maximum atomic E-state index is 10.4. The van der Waals surface area contributed by atoms with Gasteiger partial charge in [-0.1, -0.05) is 6.42 Å². The number of hydrogen-bond donors (Lipinski definition) is 1. The van der Waals surface area contributed by atoms with E-state index in [9.17, 15) is 4.79 Å². The third kappa shape index (κ3) is 1.76. The van der Waals surface area contributed by atoms with Crippen LogP contribution in [0.15, 0.2) is 6.33 Å². The fourth-order valence-corrected chi connectivity index (χ4v) is 1.63. The molecule has 1 saturated carbocycles. The van der Waals surface area contributed by atoms with Gasteiger partial charge in [0.05, 0.1) is 6.42 Å². The standard InChI is InChI=1S/C9H13N3O2/c13-8(14)4-5-12-6-10-11-9(12)7-2-1-3-7/h6-7H,1-5H2,(H,13,14). The van der Waals surface area contributed by atoms with Gasteiger partial charge in [0.15, 0.2) is 0 Å². The van der Waals surface area contributed by atoms with Gasteiger partial charge in [0.2, 0.25) is 0 Å². The van der Waals surface area contributed by atoms with E-state index in [0.29, 0.717) is 12.5 Å². The first kappa shape index (κ1) is 9.18. The molecule has 1 aromatic heterocycles. The summed E-state index contributed by atoms with van der Waals surface area (Å²) in [6.45, 7) is 0.480. The highest BCUT2D eigenvalue weighted by atomic mass is 16.4. The lowest BCUT2D eigenvalue weighted by atomic mass is 9.85. The second-order valence-corrected chi connectivity index (χ2v) is 3.65. The first-order valence-electron chi connectivity index (χ1n) is 4.87. The van der Waals surface area contributed by atoms with Crippen LogP contribution in [-0.2, 0) is 11.3 Å². The van der Waals surface area contributed by atoms with Crippen molar-refractivity contribution in [3.05, 3.63) is 12.2 Å². The lowest BCUT2D eigenvalue weighted by Gasteiger charge is -2.24. The van der Waals surface area contributed by atoms with Crippen molar-refractivity contribution in [1.82, 2.24) is 14.8 Å². The monoisotopic (exact) mass is 195 g/mol. The number of rotatable bonds is 4. The highest BCUT2D eigenvalue weighted by molar-refractivity contribution is 5.66. The molecule has 14 heavy (non-hydrogen) atoms. The molecule has 5 nitrogen and oxygen atoms in total. The summed E-state index contributed by atoms with van der Waals surface area (Å²) in [7, 11) is 0. The summed E-state index contributed by atoms with van der Waals surface area (Å²) < 4.78 is 1.86. The van der Waals surface area contributed by atoms with E-state index < -0.39 is 5.97 Å². The molecule has 0 aliphatic heterocycles. The van der Waals surface area contributed by atoms with Gasteiger partial charge < -0.3 is 9.67 Å². The number of nitrogens with zero attached hydrogens (tertiary/aromatic N) is 3. The van der Waals surface area contributed by atoms with E-state index in [2.05, 4.69) is 10.2 Å². The zero-order valence-corrected chi connectivity index (χ0v) is 7.89. The van der Waals surface area contributed by atoms with Crippen molar-refractivity contribution in [3.63, 3.8) is 0 Å². The first-order chi connectivity index (χ1) is 6.77. The molecule has 2 rings (SSSR count). The quantitative estimate of drug-likeness (QED) is 0.778. The Hall–Kier alpha value is -1.39. The predicted molar refractivity (Wildman–Crippen MR) is 48.9 cm³/mol. The van der Waals surface area contributed by atoms with Crippen molar-refractivity contribution >= 4 is 5.97 Å². The van der Waals surface area contributed by atoms with Crippen LogP contribution >= 0.6 is 0 Å². The van der Waals surface area contributed by atoms with E-state index in [1.165, 1.54) is 6.42 Å². The minimum absolute atomic E-state index is 0.137. The van der Waals surface area contributed by atoms with Crippen LogP contribution in [0.3, 0.4) is 0 Å². The SMILES string of the molecule is O=C(O)CCn1cnnc1C1CCC1. The molecule has 0 radical (unpaired) electrons. The van der Waals surface area contributed by atoms with Gasteiger partial charge in [0.1, 0.15) is 12.2 Å². The van der Waals surface area contributed by atoms with Gasteiger partial charge in [-0.25, -0.2) is 0 Å². The van der Waals surface area contributed by atoms with Crippen LogP contribution in [0.1, 0.15) is 37.4 Å². The van der Waals surface area contributed by atoms with Crippen LogP contribution in [0.5, 0.6) is 0 Å². The van der Waals surface area contributed by atoms with Gasteiger partial charge in [-0.3, -0.25) is 4.79 Å². The molecule has 0 spiro atoms. The molecule has 0 aromatic carbocycles. The van der Waals surface area contributed by atoms with Crippen molar-refractivity contribution in [1.29, 1.82) is 0 Å². The van der Waals surface area contributed by atoms with Gasteiger partial charge in [-0.15, -0.1) is 10.2 Å². The first-order valence-corrected chi connectivity index (χ1v) is 4.87. The number of carboxylic acids is 1. The Balaban J connectivity index is 2.01. The van der Waals surface area contributed by atoms with Crippen molar-refractivity contribution in [2.75, 3.05) is 0 Å². The summed E-state index contributed by atoms with van der Waals surface area (Å²) in [6, 6.07) is 0. The minimum atomic E-state index is -0.779. The lowest BCUT2D eigenvalue weighted by Crippen LogP contribution is -2.16. The number of aryl methyl sites for hydroxylation is 1. The zero-order chi connectivity index (χ0) is 9.97. The minimum Gasteiger partial charge on any atom is -0.481 e. The number of aliphatic carboxylic acids is 1. The molecule has 0 bridgehead atoms. The number of carboxylic acid groups (broad SMARTS) is 1. The molecule has 0 unspecified atom stereocenters. The third-order valence-corrected chi connectivity index (χ3v) is 2.68. The van der Waals surface area contributed by atoms with Crippen LogP contribution in [0.4, 0.5) is 0 Å². The van der Waals surface area contributed by atoms with Crippen molar-refractivity contribution in [2.45, 2.75) is 38.1 Å². The molecule has 0 amide bonds. The normalized spacial score (nSPS) is 16.6. The zero-order valence-electron chi connectivity index (χ0n) is 7.89. The summed E-state index contributed by atoms with van der Waals surface area (Å²) in [4.78, 5) is 10.4. The summed E-state index contributed by atoms with van der Waals surface area (Å²) in [5.41, 5.74) is 0. The number of hydrogen-bond acceptors (Lipinski definition) is 3. The highest BCUT2D eigenvalue weighted by Crippen LogP contribution is 2.34. The molecule has 1 heterocycles. The highest BCUT2D eigenvalue weighted by Gasteiger charge is 2.24. The Morgan fingerprint density at radius 1 is 1.64 bits per heavy atom. The average molecular weight is 195 g/mol. The number of aromatic nitrogens is 3. The van der Waals surface area contributed by atoms with E-state index in [4.69, 9.17) is 5.11 Å². The maximum absolute atomic E-state index is 10.4. The second kappa shape index (κ2) is 3.77. The summed E-state index contributed by atoms with van der Waals surface area (Å²) in [6.07, 6.45) is 5.32. The molecule has 5 heteroatoms. The third-order valence-electron chi connectivity index (χ3n) is 2.68. The van der Waals surface area contributed by atoms with Gasteiger partial charge in [-0.2, -0.15) is 0 Å². The van der Waals surface area contributed by atoms with Crippen LogP contribution in [0.2, 0.25) is 0 Å². The number of carbonyl (C=O) groups is 1. The van der Waals surface area contributed by atoms with E-state index in [1.54, 1.807) is 6.33 Å². The van der Waals surface area contributed by atoms with Crippen LogP contribution in [0, 0.1) is 0 Å². The smallest absolute Gasteiger partial charge is 0.305 e. The van der Waals surface area contributed by atoms with E-state index in [0.717, 1.165) is 18.7 Å². The Morgan fingerprint density at radius 3 is 3.00 bits per heavy atom. The topological polar surface area (TPSA) is 68.0 Å². The fourth-order valence-electron chi connectivity index (χ4n) is 1.63. The average Bonchev–Trinajstić information content (AvgIpc) is 2.46. The Kier molecular flexibility index (Phi) is 2.47. The maximum Gasteiger partial charge on any atom is 0.305 e. The van der Waals surface area contributed by atoms with Crippen molar-refractivity contribution in [2.24, 2.45) is 0 Å². The van der Waals surface area contributed by atoms with Gasteiger partial charge >= 0.3 is 5.97 Å². The van der Waals surface area contributed by atoms with Crippen LogP contribution in [-0.4, -0.2) is 25.8 Å². The summed E-state index contributed by atoms with van der Waals surface area (Å²) in [5, 5.41) is 16.4. The molecule has 0 atom stereocenters. The molecule has 1 aromatic rings. The molecule has 1 aliphatic rings. The fraction of sp³-hybridized carbons (Fsp3) is 0.667. The molecule has 0 saturated heterocycles. The van der Waals surface area contributed by atoms with Crippen molar-refractivity contribution in [3.8, 4) is 0 Å². The largest absolute Gasteiger partial charge is 0.481 e. The van der Waals surface area contributed by atoms with Gasteiger partial charge in [0.25, 0.3) is 0 Å². The molecular formula is C9H13N3O2. The van der Waals surface area contributed by atoms with E-state index in [1.807, 2.05) is 4.57 Å². The van der Waals surface area contributed by atoms with Crippen molar-refractivity contribution < 1.29 is 9.90 Å². The van der Waals surface area contributed by atoms with Gasteiger partial charge in [-0.05, 0) is 12.8 Å². The molecule has 1 fully saturated rings. The lowest BCUT2D eigenvalue weighted by molar-refractivity contribution is -0.137. The molecular weight excluding hydrogens is 182 g/mol. The molecule has 76 valence electrons. The Labute approximate surface area is 81.8 Å². The van der Waals surface area contributed by atoms with E-state index in [-0.39, 0.29) is 6.42 Å². The van der Waals surface area contributed by atoms with Gasteiger partial charge in [0, 0.05) is 12.5 Å². The molecule has 1 N–H and O–H groups in total. The van der Waals surface area contributed by atoms with Crippen LogP contribution in [0.25, 0.3) is 0 Å². The molecule has 1 aliphatic carbocycles. The summed E-state index contributed by atoms with van der Waals surface area (Å²) in [5.74, 6) is 0.682. The second-order valence-electron chi connectivity index (χ2n) is 3.65. The van der Waals surface area contributed by atoms with E-state index >= 15 is 0 Å². The van der Waals surface area contributed by atoms with Crippen LogP contribution < -0.4 is 0 Å². The Morgan fingerprint density at radius 2 is 2.43 bits per heavy atom. The summed E-state index contributed by atoms with van der Waals surface area (Å²) >= 11 is 0.